The summed E-state index contributed by atoms with van der Waals surface area (Å²) in [6, 6.07) is 8.19. The predicted molar refractivity (Wildman–Crippen MR) is 135 cm³/mol. The number of benzene rings is 2. The Labute approximate surface area is 205 Å². The van der Waals surface area contributed by atoms with Crippen LogP contribution in [-0.4, -0.2) is 30.1 Å². The molecule has 8 heteroatoms. The van der Waals surface area contributed by atoms with Gasteiger partial charge in [0.2, 0.25) is 5.91 Å². The number of nitrogens with zero attached hydrogens (tertiary/aromatic N) is 3. The summed E-state index contributed by atoms with van der Waals surface area (Å²) < 4.78 is 37.8. The fourth-order valence-corrected chi connectivity index (χ4v) is 5.58. The average molecular weight is 494 g/mol. The number of halogens is 2. The maximum absolute atomic E-state index is 15.0. The Bertz CT molecular complexity index is 1310. The lowest BCUT2D eigenvalue weighted by Gasteiger charge is -2.48. The monoisotopic (exact) mass is 493 g/mol. The number of amides is 1. The van der Waals surface area contributed by atoms with Crippen molar-refractivity contribution in [3.05, 3.63) is 59.4 Å². The molecule has 0 N–H and O–H groups in total. The number of carbonyl (C=O) groups is 1. The number of imidazole rings is 1. The molecule has 182 valence electrons. The van der Waals surface area contributed by atoms with Crippen LogP contribution in [0.5, 0.6) is 0 Å². The minimum absolute atomic E-state index is 0.0954. The second-order valence-corrected chi connectivity index (χ2v) is 16.4. The molecule has 0 bridgehead atoms. The van der Waals surface area contributed by atoms with Crippen LogP contribution in [0.3, 0.4) is 0 Å². The van der Waals surface area contributed by atoms with Gasteiger partial charge in [0.15, 0.2) is 0 Å². The van der Waals surface area contributed by atoms with Crippen molar-refractivity contribution in [3.63, 3.8) is 0 Å². The first kappa shape index (κ1) is 23.7. The van der Waals surface area contributed by atoms with E-state index in [2.05, 4.69) is 30.5 Å². The van der Waals surface area contributed by atoms with E-state index in [1.807, 2.05) is 16.7 Å². The van der Waals surface area contributed by atoms with E-state index in [1.54, 1.807) is 12.4 Å². The highest BCUT2D eigenvalue weighted by Gasteiger charge is 2.56. The molecule has 1 aromatic heterocycles. The quantitative estimate of drug-likeness (QED) is 0.174. The van der Waals surface area contributed by atoms with Crippen LogP contribution in [-0.2, 0) is 16.3 Å². The summed E-state index contributed by atoms with van der Waals surface area (Å²) in [7, 11) is -1.17. The highest BCUT2D eigenvalue weighted by atomic mass is 28.3. The molecular formula is C27H29F2N3O2Si. The molecule has 2 heterocycles. The zero-order chi connectivity index (χ0) is 24.9. The van der Waals surface area contributed by atoms with Gasteiger partial charge in [-0.2, -0.15) is 0 Å². The zero-order valence-electron chi connectivity index (χ0n) is 20.2. The number of aromatic nitrogens is 2. The zero-order valence-corrected chi connectivity index (χ0v) is 21.2. The van der Waals surface area contributed by atoms with Gasteiger partial charge in [-0.05, 0) is 55.1 Å². The van der Waals surface area contributed by atoms with E-state index in [9.17, 15) is 4.79 Å². The van der Waals surface area contributed by atoms with Crippen LogP contribution in [0.2, 0.25) is 25.7 Å². The molecule has 1 saturated heterocycles. The van der Waals surface area contributed by atoms with Crippen LogP contribution >= 0.6 is 0 Å². The molecule has 0 spiro atoms. The summed E-state index contributed by atoms with van der Waals surface area (Å²) in [6.07, 6.45) is 8.84. The Balaban J connectivity index is 1.42. The molecule has 2 atom stereocenters. The molecule has 2 aromatic carbocycles. The van der Waals surface area contributed by atoms with Gasteiger partial charge in [0.25, 0.3) is 0 Å². The normalized spacial score (nSPS) is 20.2. The first-order chi connectivity index (χ1) is 16.7. The maximum Gasteiger partial charge on any atom is 0.233 e. The standard InChI is InChI=1S/C27H29F2N3O2Si/c1-5-17-12-20(28)25(21(29)13-17)26-24(18-6-7-18)27(33)32(26)19-8-9-23-22(14-19)30-15-31(23)16-34-10-11-35(2,3)4/h1,8-9,12-15,18,24,26H,6-7,10-11,16H2,2-4H3. The van der Waals surface area contributed by atoms with Gasteiger partial charge in [-0.1, -0.05) is 25.6 Å². The molecule has 35 heavy (non-hydrogen) atoms. The van der Waals surface area contributed by atoms with Gasteiger partial charge >= 0.3 is 0 Å². The summed E-state index contributed by atoms with van der Waals surface area (Å²) in [5.41, 5.74) is 2.20. The van der Waals surface area contributed by atoms with Crippen molar-refractivity contribution in [1.29, 1.82) is 0 Å². The Morgan fingerprint density at radius 3 is 2.51 bits per heavy atom. The number of hydrogen-bond donors (Lipinski definition) is 0. The van der Waals surface area contributed by atoms with Crippen molar-refractivity contribution in [3.8, 4) is 12.3 Å². The van der Waals surface area contributed by atoms with Crippen LogP contribution in [0.15, 0.2) is 36.7 Å². The Kier molecular flexibility index (Phi) is 6.02. The minimum atomic E-state index is -1.17. The fraction of sp³-hybridized carbons (Fsp3) is 0.407. The summed E-state index contributed by atoms with van der Waals surface area (Å²) in [4.78, 5) is 19.2. The molecule has 3 aromatic rings. The number of ether oxygens (including phenoxy) is 1. The van der Waals surface area contributed by atoms with Crippen molar-refractivity contribution < 1.29 is 18.3 Å². The summed E-state index contributed by atoms with van der Waals surface area (Å²) in [5, 5.41) is 0. The van der Waals surface area contributed by atoms with Crippen molar-refractivity contribution in [1.82, 2.24) is 9.55 Å². The van der Waals surface area contributed by atoms with Crippen LogP contribution in [0.1, 0.15) is 30.0 Å². The molecule has 1 amide bonds. The van der Waals surface area contributed by atoms with Gasteiger partial charge < -0.3 is 14.2 Å². The molecule has 2 unspecified atom stereocenters. The van der Waals surface area contributed by atoms with Gasteiger partial charge in [-0.3, -0.25) is 4.79 Å². The van der Waals surface area contributed by atoms with E-state index in [0.717, 1.165) is 36.5 Å². The summed E-state index contributed by atoms with van der Waals surface area (Å²) in [5.74, 6) is 0.471. The van der Waals surface area contributed by atoms with E-state index >= 15 is 8.78 Å². The van der Waals surface area contributed by atoms with E-state index in [0.29, 0.717) is 24.5 Å². The van der Waals surface area contributed by atoms with E-state index in [-0.39, 0.29) is 23.0 Å². The maximum atomic E-state index is 15.0. The van der Waals surface area contributed by atoms with Crippen LogP contribution in [0.25, 0.3) is 11.0 Å². The molecule has 5 nitrogen and oxygen atoms in total. The molecule has 2 aliphatic rings. The van der Waals surface area contributed by atoms with Crippen molar-refractivity contribution in [2.45, 2.75) is 51.3 Å². The first-order valence-electron chi connectivity index (χ1n) is 12.0. The third-order valence-corrected chi connectivity index (χ3v) is 8.63. The second kappa shape index (κ2) is 8.88. The highest BCUT2D eigenvalue weighted by molar-refractivity contribution is 6.76. The van der Waals surface area contributed by atoms with Gasteiger partial charge in [0.1, 0.15) is 18.4 Å². The van der Waals surface area contributed by atoms with Crippen LogP contribution < -0.4 is 4.90 Å². The van der Waals surface area contributed by atoms with E-state index in [4.69, 9.17) is 11.2 Å². The van der Waals surface area contributed by atoms with Gasteiger partial charge in [0.05, 0.1) is 29.3 Å². The molecule has 2 fully saturated rings. The van der Waals surface area contributed by atoms with Crippen molar-refractivity contribution in [2.24, 2.45) is 11.8 Å². The Hall–Kier alpha value is -3.02. The van der Waals surface area contributed by atoms with Gasteiger partial charge in [-0.25, -0.2) is 13.8 Å². The first-order valence-corrected chi connectivity index (χ1v) is 15.7. The van der Waals surface area contributed by atoms with E-state index in [1.165, 1.54) is 4.90 Å². The Morgan fingerprint density at radius 2 is 1.89 bits per heavy atom. The number of hydrogen-bond acceptors (Lipinski definition) is 3. The number of anilines is 1. The molecular weight excluding hydrogens is 464 g/mol. The molecule has 1 aliphatic heterocycles. The largest absolute Gasteiger partial charge is 0.361 e. The molecule has 1 aliphatic carbocycles. The fourth-order valence-electron chi connectivity index (χ4n) is 4.82. The predicted octanol–water partition coefficient (Wildman–Crippen LogP) is 5.72. The van der Waals surface area contributed by atoms with Crippen molar-refractivity contribution >= 4 is 30.7 Å². The summed E-state index contributed by atoms with van der Waals surface area (Å²) >= 11 is 0. The third-order valence-electron chi connectivity index (χ3n) is 6.92. The number of carbonyl (C=O) groups excluding carboxylic acids is 1. The Morgan fingerprint density at radius 1 is 1.17 bits per heavy atom. The number of β-lactam (4-membered cyclic amide) rings is 1. The minimum Gasteiger partial charge on any atom is -0.361 e. The summed E-state index contributed by atoms with van der Waals surface area (Å²) in [6.45, 7) is 8.03. The van der Waals surface area contributed by atoms with Crippen LogP contribution in [0.4, 0.5) is 14.5 Å². The number of fused-ring (bicyclic) bond motifs is 1. The second-order valence-electron chi connectivity index (χ2n) is 10.7. The lowest BCUT2D eigenvalue weighted by atomic mass is 9.78. The van der Waals surface area contributed by atoms with E-state index < -0.39 is 31.7 Å². The van der Waals surface area contributed by atoms with Gasteiger partial charge in [-0.15, -0.1) is 6.42 Å². The molecule has 1 saturated carbocycles. The number of rotatable bonds is 8. The molecule has 0 radical (unpaired) electrons. The van der Waals surface area contributed by atoms with Crippen LogP contribution in [0, 0.1) is 35.8 Å². The molecule has 5 rings (SSSR count). The van der Waals surface area contributed by atoms with Crippen molar-refractivity contribution in [2.75, 3.05) is 11.5 Å². The lowest BCUT2D eigenvalue weighted by Crippen LogP contribution is -2.56. The topological polar surface area (TPSA) is 47.4 Å². The average Bonchev–Trinajstić information content (AvgIpc) is 3.53. The van der Waals surface area contributed by atoms with Gasteiger partial charge in [0, 0.05) is 31.5 Å². The lowest BCUT2D eigenvalue weighted by molar-refractivity contribution is -0.131. The highest BCUT2D eigenvalue weighted by Crippen LogP contribution is 2.54. The number of terminal acetylenes is 1. The SMILES string of the molecule is C#Cc1cc(F)c(C2C(C3CC3)C(=O)N2c2ccc3c(c2)ncn3COCC[Si](C)(C)C)c(F)c1. The third kappa shape index (κ3) is 4.51. The smallest absolute Gasteiger partial charge is 0.233 e.